The van der Waals surface area contributed by atoms with Crippen molar-refractivity contribution in [1.29, 1.82) is 0 Å². The first-order chi connectivity index (χ1) is 7.86. The maximum Gasteiger partial charge on any atom is 0.237 e. The summed E-state index contributed by atoms with van der Waals surface area (Å²) < 4.78 is 2.01. The van der Waals surface area contributed by atoms with Gasteiger partial charge in [0.1, 0.15) is 0 Å². The zero-order chi connectivity index (χ0) is 11.2. The van der Waals surface area contributed by atoms with Crippen LogP contribution < -0.4 is 10.6 Å². The van der Waals surface area contributed by atoms with Gasteiger partial charge in [-0.3, -0.25) is 4.79 Å². The summed E-state index contributed by atoms with van der Waals surface area (Å²) in [4.78, 5) is 15.6. The highest BCUT2D eigenvalue weighted by atomic mass is 16.2. The Morgan fingerprint density at radius 1 is 1.62 bits per heavy atom. The molecule has 0 radical (unpaired) electrons. The van der Waals surface area contributed by atoms with Crippen LogP contribution >= 0.6 is 0 Å². The van der Waals surface area contributed by atoms with Crippen LogP contribution in [0.2, 0.25) is 0 Å². The van der Waals surface area contributed by atoms with Gasteiger partial charge in [0.15, 0.2) is 0 Å². The average Bonchev–Trinajstić information content (AvgIpc) is 2.96. The molecule has 0 unspecified atom stereocenters. The van der Waals surface area contributed by atoms with E-state index in [-0.39, 0.29) is 11.9 Å². The van der Waals surface area contributed by atoms with Crippen LogP contribution in [0, 0.1) is 0 Å². The van der Waals surface area contributed by atoms with Crippen molar-refractivity contribution in [3.63, 3.8) is 0 Å². The third-order valence-corrected chi connectivity index (χ3v) is 2.83. The number of hydrogen-bond donors (Lipinski definition) is 2. The third kappa shape index (κ3) is 3.06. The van der Waals surface area contributed by atoms with Crippen molar-refractivity contribution in [3.8, 4) is 0 Å². The minimum absolute atomic E-state index is 0.0354. The van der Waals surface area contributed by atoms with Gasteiger partial charge in [0, 0.05) is 25.5 Å². The molecule has 0 aliphatic carbocycles. The molecule has 5 nitrogen and oxygen atoms in total. The van der Waals surface area contributed by atoms with E-state index in [1.165, 1.54) is 0 Å². The lowest BCUT2D eigenvalue weighted by Gasteiger charge is -2.10. The molecule has 1 aliphatic rings. The molecule has 1 atom stereocenters. The zero-order valence-corrected chi connectivity index (χ0v) is 9.35. The van der Waals surface area contributed by atoms with E-state index >= 15 is 0 Å². The van der Waals surface area contributed by atoms with E-state index in [1.54, 1.807) is 12.5 Å². The molecular weight excluding hydrogens is 204 g/mol. The predicted molar refractivity (Wildman–Crippen MR) is 60.9 cm³/mol. The maximum atomic E-state index is 11.6. The Hall–Kier alpha value is -1.36. The summed E-state index contributed by atoms with van der Waals surface area (Å²) in [5, 5.41) is 6.14. The third-order valence-electron chi connectivity index (χ3n) is 2.83. The normalized spacial score (nSPS) is 19.9. The van der Waals surface area contributed by atoms with Crippen LogP contribution in [0.3, 0.4) is 0 Å². The molecule has 2 rings (SSSR count). The van der Waals surface area contributed by atoms with Gasteiger partial charge in [-0.1, -0.05) is 0 Å². The number of aromatic nitrogens is 2. The highest BCUT2D eigenvalue weighted by Crippen LogP contribution is 2.04. The average molecular weight is 222 g/mol. The van der Waals surface area contributed by atoms with E-state index in [2.05, 4.69) is 15.6 Å². The Morgan fingerprint density at radius 2 is 2.56 bits per heavy atom. The number of nitrogens with zero attached hydrogens (tertiary/aromatic N) is 2. The molecule has 1 aromatic heterocycles. The number of aryl methyl sites for hydroxylation is 1. The molecule has 1 aliphatic heterocycles. The van der Waals surface area contributed by atoms with Crippen molar-refractivity contribution in [1.82, 2.24) is 20.2 Å². The van der Waals surface area contributed by atoms with Crippen LogP contribution in [0.1, 0.15) is 19.3 Å². The predicted octanol–water partition coefficient (Wildman–Crippen LogP) is 0.141. The molecule has 1 fully saturated rings. The summed E-state index contributed by atoms with van der Waals surface area (Å²) in [7, 11) is 0. The van der Waals surface area contributed by atoms with Gasteiger partial charge in [-0.15, -0.1) is 0 Å². The number of rotatable bonds is 5. The summed E-state index contributed by atoms with van der Waals surface area (Å²) in [6, 6.07) is 0.0354. The highest BCUT2D eigenvalue weighted by Gasteiger charge is 2.20. The topological polar surface area (TPSA) is 59.0 Å². The maximum absolute atomic E-state index is 11.6. The monoisotopic (exact) mass is 222 g/mol. The summed E-state index contributed by atoms with van der Waals surface area (Å²) in [5.74, 6) is 0.142. The van der Waals surface area contributed by atoms with Gasteiger partial charge in [-0.2, -0.15) is 0 Å². The minimum atomic E-state index is 0.0354. The van der Waals surface area contributed by atoms with E-state index in [1.807, 2.05) is 10.8 Å². The van der Waals surface area contributed by atoms with Crippen molar-refractivity contribution in [2.45, 2.75) is 31.8 Å². The lowest BCUT2D eigenvalue weighted by atomic mass is 10.2. The van der Waals surface area contributed by atoms with Crippen LogP contribution in [-0.4, -0.2) is 34.6 Å². The molecule has 0 saturated carbocycles. The fraction of sp³-hybridized carbons (Fsp3) is 0.636. The van der Waals surface area contributed by atoms with Gasteiger partial charge in [0.05, 0.1) is 12.4 Å². The van der Waals surface area contributed by atoms with E-state index in [0.717, 1.165) is 38.9 Å². The smallest absolute Gasteiger partial charge is 0.237 e. The standard InChI is InChI=1S/C11H18N4O/c16-11(10-3-1-4-13-10)14-5-2-7-15-8-6-12-9-15/h6,8-10,13H,1-5,7H2,(H,14,16)/t10-/m1/s1. The van der Waals surface area contributed by atoms with E-state index in [4.69, 9.17) is 0 Å². The first-order valence-electron chi connectivity index (χ1n) is 5.83. The van der Waals surface area contributed by atoms with E-state index < -0.39 is 0 Å². The number of nitrogens with one attached hydrogen (secondary N) is 2. The summed E-state index contributed by atoms with van der Waals surface area (Å²) >= 11 is 0. The van der Waals surface area contributed by atoms with Gasteiger partial charge >= 0.3 is 0 Å². The molecule has 88 valence electrons. The molecule has 1 aromatic rings. The van der Waals surface area contributed by atoms with Gasteiger partial charge < -0.3 is 15.2 Å². The van der Waals surface area contributed by atoms with Crippen molar-refractivity contribution in [2.24, 2.45) is 0 Å². The lowest BCUT2D eigenvalue weighted by Crippen LogP contribution is -2.40. The largest absolute Gasteiger partial charge is 0.355 e. The second-order valence-corrected chi connectivity index (χ2v) is 4.09. The van der Waals surface area contributed by atoms with Gasteiger partial charge in [-0.05, 0) is 25.8 Å². The minimum Gasteiger partial charge on any atom is -0.355 e. The SMILES string of the molecule is O=C(NCCCn1ccnc1)[C@H]1CCCN1. The first kappa shape index (κ1) is 11.1. The van der Waals surface area contributed by atoms with Gasteiger partial charge in [0.2, 0.25) is 5.91 Å². The van der Waals surface area contributed by atoms with Crippen molar-refractivity contribution in [2.75, 3.05) is 13.1 Å². The second-order valence-electron chi connectivity index (χ2n) is 4.09. The lowest BCUT2D eigenvalue weighted by molar-refractivity contribution is -0.122. The fourth-order valence-electron chi connectivity index (χ4n) is 1.92. The zero-order valence-electron chi connectivity index (χ0n) is 9.35. The summed E-state index contributed by atoms with van der Waals surface area (Å²) in [6.07, 6.45) is 8.50. The second kappa shape index (κ2) is 5.65. The molecule has 2 heterocycles. The van der Waals surface area contributed by atoms with Crippen LogP contribution in [0.25, 0.3) is 0 Å². The molecule has 5 heteroatoms. The first-order valence-corrected chi connectivity index (χ1v) is 5.83. The number of amides is 1. The molecule has 0 aromatic carbocycles. The molecular formula is C11H18N4O. The molecule has 16 heavy (non-hydrogen) atoms. The molecule has 1 saturated heterocycles. The number of imidazole rings is 1. The van der Waals surface area contributed by atoms with Gasteiger partial charge in [0.25, 0.3) is 0 Å². The summed E-state index contributed by atoms with van der Waals surface area (Å²) in [5.41, 5.74) is 0. The van der Waals surface area contributed by atoms with Crippen LogP contribution in [0.15, 0.2) is 18.7 Å². The Kier molecular flexibility index (Phi) is 3.93. The van der Waals surface area contributed by atoms with Crippen LogP contribution in [-0.2, 0) is 11.3 Å². The van der Waals surface area contributed by atoms with Crippen LogP contribution in [0.5, 0.6) is 0 Å². The molecule has 0 spiro atoms. The quantitative estimate of drug-likeness (QED) is 0.697. The molecule has 1 amide bonds. The summed E-state index contributed by atoms with van der Waals surface area (Å²) in [6.45, 7) is 2.60. The number of hydrogen-bond acceptors (Lipinski definition) is 3. The molecule has 0 bridgehead atoms. The van der Waals surface area contributed by atoms with Crippen LogP contribution in [0.4, 0.5) is 0 Å². The fourth-order valence-corrected chi connectivity index (χ4v) is 1.92. The number of carbonyl (C=O) groups is 1. The highest BCUT2D eigenvalue weighted by molar-refractivity contribution is 5.81. The Bertz CT molecular complexity index is 317. The Balaban J connectivity index is 1.59. The molecule has 2 N–H and O–H groups in total. The Labute approximate surface area is 95.2 Å². The van der Waals surface area contributed by atoms with Gasteiger partial charge in [-0.25, -0.2) is 4.98 Å². The Morgan fingerprint density at radius 3 is 3.25 bits per heavy atom. The van der Waals surface area contributed by atoms with E-state index in [0.29, 0.717) is 0 Å². The van der Waals surface area contributed by atoms with E-state index in [9.17, 15) is 4.79 Å². The van der Waals surface area contributed by atoms with Crippen molar-refractivity contribution >= 4 is 5.91 Å². The van der Waals surface area contributed by atoms with Crippen molar-refractivity contribution in [3.05, 3.63) is 18.7 Å². The van der Waals surface area contributed by atoms with Crippen molar-refractivity contribution < 1.29 is 4.79 Å². The number of carbonyl (C=O) groups excluding carboxylic acids is 1.